The molecule has 1 spiro atoms. The van der Waals surface area contributed by atoms with Crippen LogP contribution in [0.3, 0.4) is 0 Å². The Morgan fingerprint density at radius 3 is 2.44 bits per heavy atom. The minimum absolute atomic E-state index is 0.310. The molecular weight excluding hydrogens is 226 g/mol. The average molecular weight is 247 g/mol. The second-order valence-electron chi connectivity index (χ2n) is 5.70. The Morgan fingerprint density at radius 1 is 1.17 bits per heavy atom. The van der Waals surface area contributed by atoms with Gasteiger partial charge in [-0.3, -0.25) is 0 Å². The molecule has 3 nitrogen and oxygen atoms in total. The largest absolute Gasteiger partial charge is 0.489 e. The van der Waals surface area contributed by atoms with Crippen LogP contribution in [0.15, 0.2) is 12.1 Å². The van der Waals surface area contributed by atoms with Crippen LogP contribution in [-0.4, -0.2) is 19.8 Å². The Balaban J connectivity index is 1.83. The van der Waals surface area contributed by atoms with E-state index < -0.39 is 0 Å². The zero-order valence-electron chi connectivity index (χ0n) is 11.0. The van der Waals surface area contributed by atoms with E-state index in [2.05, 4.69) is 19.1 Å². The maximum Gasteiger partial charge on any atom is 0.161 e. The molecule has 3 rings (SSSR count). The van der Waals surface area contributed by atoms with Crippen LogP contribution in [0.1, 0.15) is 30.4 Å². The molecule has 1 heterocycles. The Morgan fingerprint density at radius 2 is 1.83 bits per heavy atom. The number of aryl methyl sites for hydroxylation is 2. The SMILES string of the molecule is Cc1cc2c(cc1CCCN)OCC1(CC1)CO2. The van der Waals surface area contributed by atoms with Crippen LogP contribution in [-0.2, 0) is 6.42 Å². The van der Waals surface area contributed by atoms with Gasteiger partial charge in [0, 0.05) is 5.41 Å². The third-order valence-corrected chi connectivity index (χ3v) is 4.08. The highest BCUT2D eigenvalue weighted by molar-refractivity contribution is 5.47. The molecule has 2 aliphatic rings. The van der Waals surface area contributed by atoms with Crippen LogP contribution >= 0.6 is 0 Å². The summed E-state index contributed by atoms with van der Waals surface area (Å²) in [6, 6.07) is 4.25. The molecule has 0 saturated heterocycles. The second kappa shape index (κ2) is 4.47. The van der Waals surface area contributed by atoms with Gasteiger partial charge in [0.2, 0.25) is 0 Å². The van der Waals surface area contributed by atoms with Crippen molar-refractivity contribution in [1.82, 2.24) is 0 Å². The molecule has 1 aromatic rings. The predicted molar refractivity (Wildman–Crippen MR) is 71.2 cm³/mol. The molecule has 0 amide bonds. The highest BCUT2D eigenvalue weighted by Gasteiger charge is 2.46. The van der Waals surface area contributed by atoms with Crippen molar-refractivity contribution < 1.29 is 9.47 Å². The molecule has 1 saturated carbocycles. The van der Waals surface area contributed by atoms with Gasteiger partial charge in [-0.05, 0) is 62.4 Å². The molecule has 18 heavy (non-hydrogen) atoms. The van der Waals surface area contributed by atoms with Crippen molar-refractivity contribution in [3.63, 3.8) is 0 Å². The Labute approximate surface area is 108 Å². The summed E-state index contributed by atoms with van der Waals surface area (Å²) in [6.45, 7) is 4.48. The number of ether oxygens (including phenoxy) is 2. The molecule has 0 bridgehead atoms. The molecule has 1 aromatic carbocycles. The second-order valence-corrected chi connectivity index (χ2v) is 5.70. The number of fused-ring (bicyclic) bond motifs is 1. The third kappa shape index (κ3) is 2.19. The summed E-state index contributed by atoms with van der Waals surface area (Å²) in [4.78, 5) is 0. The van der Waals surface area contributed by atoms with Crippen molar-refractivity contribution in [2.24, 2.45) is 11.1 Å². The topological polar surface area (TPSA) is 44.5 Å². The van der Waals surface area contributed by atoms with Gasteiger partial charge in [-0.2, -0.15) is 0 Å². The molecule has 2 N–H and O–H groups in total. The van der Waals surface area contributed by atoms with Gasteiger partial charge in [0.15, 0.2) is 11.5 Å². The third-order valence-electron chi connectivity index (χ3n) is 4.08. The summed E-state index contributed by atoms with van der Waals surface area (Å²) in [6.07, 6.45) is 4.51. The van der Waals surface area contributed by atoms with Gasteiger partial charge >= 0.3 is 0 Å². The fraction of sp³-hybridized carbons (Fsp3) is 0.600. The van der Waals surface area contributed by atoms with E-state index in [0.717, 1.165) is 44.1 Å². The first-order valence-corrected chi connectivity index (χ1v) is 6.82. The van der Waals surface area contributed by atoms with Gasteiger partial charge < -0.3 is 15.2 Å². The fourth-order valence-corrected chi connectivity index (χ4v) is 2.46. The lowest BCUT2D eigenvalue weighted by atomic mass is 10.0. The van der Waals surface area contributed by atoms with Crippen LogP contribution in [0, 0.1) is 12.3 Å². The van der Waals surface area contributed by atoms with Crippen LogP contribution in [0.5, 0.6) is 11.5 Å². The van der Waals surface area contributed by atoms with Crippen molar-refractivity contribution >= 4 is 0 Å². The first-order valence-electron chi connectivity index (χ1n) is 6.82. The Hall–Kier alpha value is -1.22. The summed E-state index contributed by atoms with van der Waals surface area (Å²) >= 11 is 0. The van der Waals surface area contributed by atoms with Crippen LogP contribution in [0.25, 0.3) is 0 Å². The lowest BCUT2D eigenvalue weighted by molar-refractivity contribution is 0.197. The smallest absolute Gasteiger partial charge is 0.161 e. The van der Waals surface area contributed by atoms with Crippen molar-refractivity contribution in [2.45, 2.75) is 32.6 Å². The van der Waals surface area contributed by atoms with E-state index in [1.165, 1.54) is 24.0 Å². The number of rotatable bonds is 3. The summed E-state index contributed by atoms with van der Waals surface area (Å²) in [5, 5.41) is 0. The normalized spacial score (nSPS) is 19.7. The summed E-state index contributed by atoms with van der Waals surface area (Å²) in [7, 11) is 0. The van der Waals surface area contributed by atoms with Crippen LogP contribution in [0.2, 0.25) is 0 Å². The molecule has 0 atom stereocenters. The van der Waals surface area contributed by atoms with Gasteiger partial charge in [-0.25, -0.2) is 0 Å². The van der Waals surface area contributed by atoms with Gasteiger partial charge in [0.05, 0.1) is 13.2 Å². The van der Waals surface area contributed by atoms with E-state index in [1.54, 1.807) is 0 Å². The summed E-state index contributed by atoms with van der Waals surface area (Å²) < 4.78 is 11.9. The molecule has 3 heteroatoms. The first-order chi connectivity index (χ1) is 8.72. The molecule has 98 valence electrons. The van der Waals surface area contributed by atoms with E-state index in [0.29, 0.717) is 5.41 Å². The average Bonchev–Trinajstić information content (AvgIpc) is 3.16. The summed E-state index contributed by atoms with van der Waals surface area (Å²) in [5.74, 6) is 1.82. The minimum atomic E-state index is 0.310. The molecule has 0 radical (unpaired) electrons. The highest BCUT2D eigenvalue weighted by atomic mass is 16.5. The van der Waals surface area contributed by atoms with Crippen molar-refractivity contribution in [1.29, 1.82) is 0 Å². The molecule has 0 unspecified atom stereocenters. The molecule has 1 aliphatic carbocycles. The van der Waals surface area contributed by atoms with Crippen LogP contribution < -0.4 is 15.2 Å². The van der Waals surface area contributed by atoms with Gasteiger partial charge in [-0.1, -0.05) is 0 Å². The van der Waals surface area contributed by atoms with E-state index >= 15 is 0 Å². The van der Waals surface area contributed by atoms with E-state index in [-0.39, 0.29) is 0 Å². The number of benzene rings is 1. The molecular formula is C15H21NO2. The quantitative estimate of drug-likeness (QED) is 0.892. The molecule has 1 aliphatic heterocycles. The van der Waals surface area contributed by atoms with E-state index in [9.17, 15) is 0 Å². The molecule has 1 fully saturated rings. The van der Waals surface area contributed by atoms with Crippen molar-refractivity contribution in [3.05, 3.63) is 23.3 Å². The van der Waals surface area contributed by atoms with Gasteiger partial charge in [0.25, 0.3) is 0 Å². The van der Waals surface area contributed by atoms with Crippen molar-refractivity contribution in [3.8, 4) is 11.5 Å². The maximum absolute atomic E-state index is 5.95. The minimum Gasteiger partial charge on any atom is -0.489 e. The number of hydrogen-bond donors (Lipinski definition) is 1. The van der Waals surface area contributed by atoms with Crippen molar-refractivity contribution in [2.75, 3.05) is 19.8 Å². The Bertz CT molecular complexity index is 452. The van der Waals surface area contributed by atoms with E-state index in [1.807, 2.05) is 0 Å². The lowest BCUT2D eigenvalue weighted by Crippen LogP contribution is -2.17. The fourth-order valence-electron chi connectivity index (χ4n) is 2.46. The zero-order valence-corrected chi connectivity index (χ0v) is 11.0. The summed E-state index contributed by atoms with van der Waals surface area (Å²) in [5.41, 5.74) is 8.49. The monoisotopic (exact) mass is 247 g/mol. The maximum atomic E-state index is 5.95. The Kier molecular flexibility index (Phi) is 2.94. The first kappa shape index (κ1) is 11.8. The van der Waals surface area contributed by atoms with Gasteiger partial charge in [0.1, 0.15) is 0 Å². The number of hydrogen-bond acceptors (Lipinski definition) is 3. The van der Waals surface area contributed by atoms with Gasteiger partial charge in [-0.15, -0.1) is 0 Å². The predicted octanol–water partition coefficient (Wildman–Crippen LogP) is 2.44. The number of nitrogens with two attached hydrogens (primary N) is 1. The zero-order chi connectivity index (χ0) is 12.6. The standard InChI is InChI=1S/C15H21NO2/c1-11-7-13-14(8-12(11)3-2-6-16)18-10-15(4-5-15)9-17-13/h7-8H,2-6,9-10,16H2,1H3. The highest BCUT2D eigenvalue weighted by Crippen LogP contribution is 2.49. The molecule has 0 aromatic heterocycles. The van der Waals surface area contributed by atoms with E-state index in [4.69, 9.17) is 15.2 Å². The lowest BCUT2D eigenvalue weighted by Gasteiger charge is -2.12. The van der Waals surface area contributed by atoms with Crippen LogP contribution in [0.4, 0.5) is 0 Å².